The number of nitrogens with one attached hydrogen (secondary N) is 1. The van der Waals surface area contributed by atoms with Gasteiger partial charge in [-0.3, -0.25) is 9.10 Å². The number of hydrogen-bond acceptors (Lipinski definition) is 4. The van der Waals surface area contributed by atoms with Crippen LogP contribution in [0.25, 0.3) is 0 Å². The van der Waals surface area contributed by atoms with Gasteiger partial charge in [0.25, 0.3) is 5.91 Å². The summed E-state index contributed by atoms with van der Waals surface area (Å²) in [6.45, 7) is 1.02. The van der Waals surface area contributed by atoms with Gasteiger partial charge in [0.2, 0.25) is 10.0 Å². The van der Waals surface area contributed by atoms with Gasteiger partial charge in [0.05, 0.1) is 23.0 Å². The molecule has 3 rings (SSSR count). The molecule has 1 saturated heterocycles. The number of ether oxygens (including phenoxy) is 1. The molecule has 1 amide bonds. The maximum Gasteiger partial charge on any atom is 0.251 e. The molecule has 0 bridgehead atoms. The van der Waals surface area contributed by atoms with Crippen LogP contribution in [0.1, 0.15) is 23.2 Å². The van der Waals surface area contributed by atoms with Gasteiger partial charge >= 0.3 is 0 Å². The molecule has 0 unspecified atom stereocenters. The summed E-state index contributed by atoms with van der Waals surface area (Å²) in [7, 11) is -3.31. The molecule has 0 saturated carbocycles. The van der Waals surface area contributed by atoms with E-state index in [9.17, 15) is 13.2 Å². The van der Waals surface area contributed by atoms with Gasteiger partial charge in [-0.25, -0.2) is 8.42 Å². The molecule has 27 heavy (non-hydrogen) atoms. The van der Waals surface area contributed by atoms with Gasteiger partial charge in [-0.05, 0) is 43.2 Å². The molecule has 1 aliphatic rings. The van der Waals surface area contributed by atoms with Crippen LogP contribution in [-0.4, -0.2) is 39.8 Å². The Morgan fingerprint density at radius 3 is 2.74 bits per heavy atom. The van der Waals surface area contributed by atoms with Crippen LogP contribution in [0.4, 0.5) is 5.69 Å². The summed E-state index contributed by atoms with van der Waals surface area (Å²) >= 11 is 6.01. The molecule has 0 aromatic heterocycles. The first-order valence-electron chi connectivity index (χ1n) is 8.73. The SMILES string of the molecule is O=C(NCCOc1ccccc1Cl)c1cccc(N2CCCCS2(=O)=O)c1. The largest absolute Gasteiger partial charge is 0.490 e. The van der Waals surface area contributed by atoms with Gasteiger partial charge in [-0.2, -0.15) is 0 Å². The molecule has 1 heterocycles. The highest BCUT2D eigenvalue weighted by Crippen LogP contribution is 2.24. The van der Waals surface area contributed by atoms with Gasteiger partial charge in [0.15, 0.2) is 0 Å². The Morgan fingerprint density at radius 1 is 1.15 bits per heavy atom. The second kappa shape index (κ2) is 8.63. The first-order valence-corrected chi connectivity index (χ1v) is 10.7. The Bertz CT molecular complexity index is 917. The summed E-state index contributed by atoms with van der Waals surface area (Å²) < 4.78 is 31.4. The minimum Gasteiger partial charge on any atom is -0.490 e. The highest BCUT2D eigenvalue weighted by atomic mass is 35.5. The summed E-state index contributed by atoms with van der Waals surface area (Å²) in [4.78, 5) is 12.4. The van der Waals surface area contributed by atoms with E-state index in [0.29, 0.717) is 41.5 Å². The van der Waals surface area contributed by atoms with Crippen molar-refractivity contribution < 1.29 is 17.9 Å². The Hall–Kier alpha value is -2.25. The van der Waals surface area contributed by atoms with Crippen LogP contribution in [0.2, 0.25) is 5.02 Å². The average molecular weight is 409 g/mol. The lowest BCUT2D eigenvalue weighted by atomic mass is 10.2. The van der Waals surface area contributed by atoms with E-state index in [0.717, 1.165) is 6.42 Å². The lowest BCUT2D eigenvalue weighted by Gasteiger charge is -2.28. The van der Waals surface area contributed by atoms with Gasteiger partial charge in [-0.15, -0.1) is 0 Å². The second-order valence-corrected chi connectivity index (χ2v) is 8.60. The first kappa shape index (κ1) is 19.5. The summed E-state index contributed by atoms with van der Waals surface area (Å²) in [5, 5.41) is 3.28. The molecule has 1 fully saturated rings. The lowest BCUT2D eigenvalue weighted by Crippen LogP contribution is -2.38. The lowest BCUT2D eigenvalue weighted by molar-refractivity contribution is 0.0947. The molecule has 2 aromatic rings. The maximum atomic E-state index is 12.4. The van der Waals surface area contributed by atoms with Crippen LogP contribution in [0.15, 0.2) is 48.5 Å². The molecule has 1 N–H and O–H groups in total. The average Bonchev–Trinajstić information content (AvgIpc) is 2.66. The molecule has 144 valence electrons. The van der Waals surface area contributed by atoms with Crippen LogP contribution in [0.5, 0.6) is 5.75 Å². The van der Waals surface area contributed by atoms with E-state index in [1.54, 1.807) is 36.4 Å². The molecule has 6 nitrogen and oxygen atoms in total. The van der Waals surface area contributed by atoms with E-state index in [-0.39, 0.29) is 18.3 Å². The predicted molar refractivity (Wildman–Crippen MR) is 106 cm³/mol. The van der Waals surface area contributed by atoms with Crippen molar-refractivity contribution in [3.05, 3.63) is 59.1 Å². The number of para-hydroxylation sites is 1. The number of halogens is 1. The minimum atomic E-state index is -3.31. The fraction of sp³-hybridized carbons (Fsp3) is 0.316. The van der Waals surface area contributed by atoms with Crippen molar-refractivity contribution >= 4 is 33.2 Å². The van der Waals surface area contributed by atoms with Crippen molar-refractivity contribution in [3.63, 3.8) is 0 Å². The van der Waals surface area contributed by atoms with Crippen LogP contribution in [-0.2, 0) is 10.0 Å². The van der Waals surface area contributed by atoms with Crippen molar-refractivity contribution in [2.45, 2.75) is 12.8 Å². The van der Waals surface area contributed by atoms with Crippen molar-refractivity contribution in [2.75, 3.05) is 29.8 Å². The molecule has 2 aromatic carbocycles. The normalized spacial score (nSPS) is 16.0. The number of amides is 1. The molecule has 0 atom stereocenters. The third-order valence-corrected chi connectivity index (χ3v) is 6.41. The van der Waals surface area contributed by atoms with Crippen LogP contribution in [0, 0.1) is 0 Å². The number of rotatable bonds is 6. The summed E-state index contributed by atoms with van der Waals surface area (Å²) in [6, 6.07) is 13.8. The highest BCUT2D eigenvalue weighted by Gasteiger charge is 2.26. The number of sulfonamides is 1. The van der Waals surface area contributed by atoms with E-state index >= 15 is 0 Å². The zero-order valence-electron chi connectivity index (χ0n) is 14.7. The molecule has 1 aliphatic heterocycles. The molecule has 0 aliphatic carbocycles. The van der Waals surface area contributed by atoms with E-state index in [4.69, 9.17) is 16.3 Å². The van der Waals surface area contributed by atoms with Crippen LogP contribution in [0.3, 0.4) is 0 Å². The van der Waals surface area contributed by atoms with E-state index in [2.05, 4.69) is 5.32 Å². The van der Waals surface area contributed by atoms with Crippen LogP contribution >= 0.6 is 11.6 Å². The van der Waals surface area contributed by atoms with Gasteiger partial charge in [0.1, 0.15) is 12.4 Å². The van der Waals surface area contributed by atoms with E-state index in [1.807, 2.05) is 12.1 Å². The fourth-order valence-electron chi connectivity index (χ4n) is 2.87. The zero-order chi connectivity index (χ0) is 19.3. The van der Waals surface area contributed by atoms with Crippen molar-refractivity contribution in [1.29, 1.82) is 0 Å². The Labute approximate surface area is 164 Å². The van der Waals surface area contributed by atoms with E-state index in [1.165, 1.54) is 4.31 Å². The molecule has 0 radical (unpaired) electrons. The molecule has 8 heteroatoms. The standard InChI is InChI=1S/C19H21ClN2O4S/c20-17-8-1-2-9-18(17)26-12-10-21-19(23)15-6-5-7-16(14-15)22-11-3-4-13-27(22,24)25/h1-2,5-9,14H,3-4,10-13H2,(H,21,23). The third kappa shape index (κ3) is 4.93. The fourth-order valence-corrected chi connectivity index (χ4v) is 4.69. The minimum absolute atomic E-state index is 0.142. The first-order chi connectivity index (χ1) is 13.0. The zero-order valence-corrected chi connectivity index (χ0v) is 16.3. The number of benzene rings is 2. The molecular weight excluding hydrogens is 388 g/mol. The second-order valence-electron chi connectivity index (χ2n) is 6.18. The topological polar surface area (TPSA) is 75.7 Å². The van der Waals surface area contributed by atoms with Crippen molar-refractivity contribution in [2.24, 2.45) is 0 Å². The number of carbonyl (C=O) groups excluding carboxylic acids is 1. The highest BCUT2D eigenvalue weighted by molar-refractivity contribution is 7.92. The van der Waals surface area contributed by atoms with Crippen LogP contribution < -0.4 is 14.4 Å². The van der Waals surface area contributed by atoms with Crippen molar-refractivity contribution in [1.82, 2.24) is 5.32 Å². The Kier molecular flexibility index (Phi) is 6.23. The molecular formula is C19H21ClN2O4S. The number of anilines is 1. The summed E-state index contributed by atoms with van der Waals surface area (Å²) in [5.41, 5.74) is 0.931. The van der Waals surface area contributed by atoms with E-state index < -0.39 is 10.0 Å². The maximum absolute atomic E-state index is 12.4. The summed E-state index contributed by atoms with van der Waals surface area (Å²) in [5.74, 6) is 0.419. The van der Waals surface area contributed by atoms with Gasteiger partial charge < -0.3 is 10.1 Å². The number of carbonyl (C=O) groups is 1. The monoisotopic (exact) mass is 408 g/mol. The third-order valence-electron chi connectivity index (χ3n) is 4.23. The predicted octanol–water partition coefficient (Wildman–Crippen LogP) is 3.08. The smallest absolute Gasteiger partial charge is 0.251 e. The molecule has 0 spiro atoms. The Balaban J connectivity index is 1.58. The van der Waals surface area contributed by atoms with Gasteiger partial charge in [-0.1, -0.05) is 29.8 Å². The Morgan fingerprint density at radius 2 is 1.96 bits per heavy atom. The summed E-state index contributed by atoms with van der Waals surface area (Å²) in [6.07, 6.45) is 1.49. The number of nitrogens with zero attached hydrogens (tertiary/aromatic N) is 1. The van der Waals surface area contributed by atoms with Crippen molar-refractivity contribution in [3.8, 4) is 5.75 Å². The number of hydrogen-bond donors (Lipinski definition) is 1. The quantitative estimate of drug-likeness (QED) is 0.745. The van der Waals surface area contributed by atoms with Gasteiger partial charge in [0, 0.05) is 12.1 Å².